The molecule has 2 unspecified atom stereocenters. The number of hydrogen-bond donors (Lipinski definition) is 0. The molecule has 2 aliphatic rings. The Morgan fingerprint density at radius 1 is 0.667 bits per heavy atom. The minimum absolute atomic E-state index is 1.22. The van der Waals surface area contributed by atoms with Gasteiger partial charge in [-0.1, -0.05) is 59.9 Å². The number of hydrogen-bond acceptors (Lipinski definition) is 1. The van der Waals surface area contributed by atoms with Crippen molar-refractivity contribution in [2.45, 2.75) is 52.6 Å². The molecular formula is C24H30OSi2. The van der Waals surface area contributed by atoms with Crippen LogP contribution in [0.5, 0.6) is 0 Å². The molecule has 0 N–H and O–H groups in total. The summed E-state index contributed by atoms with van der Waals surface area (Å²) in [6, 6.07) is 14.2. The van der Waals surface area contributed by atoms with Gasteiger partial charge in [-0.2, -0.15) is 0 Å². The van der Waals surface area contributed by atoms with Crippen molar-refractivity contribution in [1.29, 1.82) is 0 Å². The average Bonchev–Trinajstić information content (AvgIpc) is 2.57. The first-order valence-electron chi connectivity index (χ1n) is 10.2. The summed E-state index contributed by atoms with van der Waals surface area (Å²) in [7, 11) is -4.37. The number of allylic oxidation sites excluding steroid dienone is 2. The molecule has 0 saturated carbocycles. The van der Waals surface area contributed by atoms with Crippen LogP contribution in [0.1, 0.15) is 36.1 Å². The second-order valence-electron chi connectivity index (χ2n) is 8.28. The first-order valence-corrected chi connectivity index (χ1v) is 15.2. The smallest absolute Gasteiger partial charge is 0.234 e. The molecular weight excluding hydrogens is 360 g/mol. The van der Waals surface area contributed by atoms with Crippen molar-refractivity contribution < 1.29 is 4.12 Å². The van der Waals surface area contributed by atoms with Crippen LogP contribution in [0.2, 0.25) is 13.1 Å². The maximum absolute atomic E-state index is 7.22. The van der Waals surface area contributed by atoms with Crippen molar-refractivity contribution in [3.05, 3.63) is 82.2 Å². The van der Waals surface area contributed by atoms with Crippen LogP contribution in [-0.2, 0) is 29.8 Å². The molecule has 2 aliphatic carbocycles. The summed E-state index contributed by atoms with van der Waals surface area (Å²) in [5, 5.41) is 2.82. The molecule has 0 saturated heterocycles. The highest BCUT2D eigenvalue weighted by Gasteiger charge is 2.40. The van der Waals surface area contributed by atoms with Crippen LogP contribution >= 0.6 is 0 Å². The molecule has 2 aromatic carbocycles. The van der Waals surface area contributed by atoms with Crippen molar-refractivity contribution in [3.8, 4) is 0 Å². The monoisotopic (exact) mass is 390 g/mol. The van der Waals surface area contributed by atoms with E-state index in [4.69, 9.17) is 4.12 Å². The molecule has 2 atom stereocenters. The molecule has 2 aromatic rings. The normalized spacial score (nSPS) is 19.7. The summed E-state index contributed by atoms with van der Waals surface area (Å²) in [5.74, 6) is 0. The lowest BCUT2D eigenvalue weighted by Gasteiger charge is -2.37. The van der Waals surface area contributed by atoms with E-state index in [1.165, 1.54) is 58.3 Å². The quantitative estimate of drug-likeness (QED) is 0.665. The Morgan fingerprint density at radius 3 is 1.37 bits per heavy atom. The molecule has 0 spiro atoms. The lowest BCUT2D eigenvalue weighted by atomic mass is 9.89. The Kier molecular flexibility index (Phi) is 4.87. The fraction of sp³-hybridized carbons (Fsp3) is 0.333. The van der Waals surface area contributed by atoms with Crippen molar-refractivity contribution in [3.63, 3.8) is 0 Å². The van der Waals surface area contributed by atoms with Gasteiger partial charge in [0, 0.05) is 0 Å². The molecule has 0 bridgehead atoms. The third-order valence-corrected chi connectivity index (χ3v) is 14.5. The van der Waals surface area contributed by atoms with Crippen LogP contribution in [0.15, 0.2) is 59.9 Å². The van der Waals surface area contributed by atoms with E-state index < -0.39 is 16.6 Å². The van der Waals surface area contributed by atoms with Gasteiger partial charge in [-0.25, -0.2) is 0 Å². The highest BCUT2D eigenvalue weighted by atomic mass is 28.4. The zero-order chi connectivity index (χ0) is 19.1. The maximum atomic E-state index is 7.22. The van der Waals surface area contributed by atoms with E-state index >= 15 is 0 Å². The molecule has 27 heavy (non-hydrogen) atoms. The number of rotatable bonds is 6. The minimum atomic E-state index is -2.18. The van der Waals surface area contributed by atoms with Crippen molar-refractivity contribution in [2.24, 2.45) is 0 Å². The van der Waals surface area contributed by atoms with Crippen molar-refractivity contribution in [1.82, 2.24) is 0 Å². The second-order valence-corrected chi connectivity index (χ2v) is 15.3. The zero-order valence-corrected chi connectivity index (χ0v) is 19.0. The van der Waals surface area contributed by atoms with E-state index in [0.717, 1.165) is 0 Å². The van der Waals surface area contributed by atoms with E-state index in [1.807, 2.05) is 0 Å². The Balaban J connectivity index is 1.74. The molecule has 0 fully saturated rings. The van der Waals surface area contributed by atoms with Crippen molar-refractivity contribution in [2.75, 3.05) is 0 Å². The number of fused-ring (bicyclic) bond motifs is 2. The highest BCUT2D eigenvalue weighted by molar-refractivity contribution is 7.02. The fourth-order valence-corrected chi connectivity index (χ4v) is 12.9. The standard InChI is InChI=1S/C24H30OSi2/c1-5-15-26(3,23-13-11-19-7-9-21(19)17-23)25-27(4,16-6-2)24-14-12-20-8-10-22(20)18-24/h5-6,11-18H,7-10H2,1-4H3/b15-5+,16-6+. The lowest BCUT2D eigenvalue weighted by Crippen LogP contribution is -2.59. The molecule has 0 aliphatic heterocycles. The molecule has 0 aromatic heterocycles. The molecule has 0 radical (unpaired) electrons. The molecule has 0 amide bonds. The van der Waals surface area contributed by atoms with E-state index in [1.54, 1.807) is 0 Å². The van der Waals surface area contributed by atoms with E-state index in [9.17, 15) is 0 Å². The minimum Gasteiger partial charge on any atom is -0.443 e. The molecule has 4 rings (SSSR count). The predicted molar refractivity (Wildman–Crippen MR) is 121 cm³/mol. The fourth-order valence-electron chi connectivity index (χ4n) is 4.46. The summed E-state index contributed by atoms with van der Waals surface area (Å²) in [4.78, 5) is 0. The van der Waals surface area contributed by atoms with Crippen LogP contribution < -0.4 is 10.4 Å². The van der Waals surface area contributed by atoms with Gasteiger partial charge in [-0.15, -0.1) is 0 Å². The summed E-state index contributed by atoms with van der Waals surface area (Å²) in [6.07, 6.45) is 9.29. The summed E-state index contributed by atoms with van der Waals surface area (Å²) >= 11 is 0. The van der Waals surface area contributed by atoms with E-state index in [0.29, 0.717) is 0 Å². The largest absolute Gasteiger partial charge is 0.443 e. The third-order valence-electron chi connectivity index (χ3n) is 6.28. The van der Waals surface area contributed by atoms with Crippen LogP contribution in [0.3, 0.4) is 0 Å². The Labute approximate surface area is 166 Å². The topological polar surface area (TPSA) is 9.23 Å². The Hall–Kier alpha value is -1.69. The Bertz CT molecular complexity index is 854. The van der Waals surface area contributed by atoms with E-state index in [-0.39, 0.29) is 0 Å². The van der Waals surface area contributed by atoms with Gasteiger partial charge in [0.2, 0.25) is 16.6 Å². The summed E-state index contributed by atoms with van der Waals surface area (Å²) in [5.41, 5.74) is 10.8. The third kappa shape index (κ3) is 3.33. The van der Waals surface area contributed by atoms with Gasteiger partial charge in [0.1, 0.15) is 0 Å². The summed E-state index contributed by atoms with van der Waals surface area (Å²) in [6.45, 7) is 8.97. The van der Waals surface area contributed by atoms with Crippen LogP contribution in [0.25, 0.3) is 0 Å². The van der Waals surface area contributed by atoms with Gasteiger partial charge in [-0.05, 0) is 85.3 Å². The number of benzene rings is 2. The molecule has 1 nitrogen and oxygen atoms in total. The summed E-state index contributed by atoms with van der Waals surface area (Å²) < 4.78 is 7.22. The van der Waals surface area contributed by atoms with Crippen molar-refractivity contribution >= 4 is 27.0 Å². The zero-order valence-electron chi connectivity index (χ0n) is 17.0. The second kappa shape index (κ2) is 7.04. The van der Waals surface area contributed by atoms with Gasteiger partial charge in [-0.3, -0.25) is 0 Å². The highest BCUT2D eigenvalue weighted by Crippen LogP contribution is 2.26. The molecule has 3 heteroatoms. The lowest BCUT2D eigenvalue weighted by molar-refractivity contribution is 0.584. The Morgan fingerprint density at radius 2 is 1.07 bits per heavy atom. The SMILES string of the molecule is C/C=C/[Si](C)(O[Si](C)(/C=C/C)c1ccc2c(c1)CC2)c1ccc2c(c1)CC2. The van der Waals surface area contributed by atoms with Gasteiger partial charge in [0.15, 0.2) is 0 Å². The van der Waals surface area contributed by atoms with Crippen LogP contribution in [-0.4, -0.2) is 16.6 Å². The molecule has 140 valence electrons. The van der Waals surface area contributed by atoms with Gasteiger partial charge in [0.05, 0.1) is 0 Å². The van der Waals surface area contributed by atoms with E-state index in [2.05, 4.69) is 86.9 Å². The predicted octanol–water partition coefficient (Wildman–Crippen LogP) is 4.40. The number of aryl methyl sites for hydroxylation is 4. The van der Waals surface area contributed by atoms with Crippen LogP contribution in [0.4, 0.5) is 0 Å². The van der Waals surface area contributed by atoms with Gasteiger partial charge in [0.25, 0.3) is 0 Å². The maximum Gasteiger partial charge on any atom is 0.234 e. The van der Waals surface area contributed by atoms with Gasteiger partial charge >= 0.3 is 0 Å². The first-order chi connectivity index (χ1) is 13.0. The average molecular weight is 391 g/mol. The molecule has 0 heterocycles. The first kappa shape index (κ1) is 18.7. The van der Waals surface area contributed by atoms with Gasteiger partial charge < -0.3 is 4.12 Å². The van der Waals surface area contributed by atoms with Crippen LogP contribution in [0, 0.1) is 0 Å².